The fourth-order valence-corrected chi connectivity index (χ4v) is 1.43. The lowest BCUT2D eigenvalue weighted by atomic mass is 10.1. The highest BCUT2D eigenvalue weighted by molar-refractivity contribution is 5.47. The van der Waals surface area contributed by atoms with Gasteiger partial charge in [0.15, 0.2) is 0 Å². The molecule has 2 N–H and O–H groups in total. The maximum atomic E-state index is 5.75. The van der Waals surface area contributed by atoms with Gasteiger partial charge in [-0.05, 0) is 36.2 Å². The zero-order valence-corrected chi connectivity index (χ0v) is 9.18. The van der Waals surface area contributed by atoms with Crippen LogP contribution in [-0.2, 0) is 6.61 Å². The molecule has 0 fully saturated rings. The summed E-state index contributed by atoms with van der Waals surface area (Å²) in [4.78, 5) is 3.98. The van der Waals surface area contributed by atoms with Crippen molar-refractivity contribution in [1.82, 2.24) is 4.98 Å². The maximum Gasteiger partial charge on any atom is 0.138 e. The van der Waals surface area contributed by atoms with Crippen LogP contribution in [0.5, 0.6) is 5.75 Å². The van der Waals surface area contributed by atoms with Crippen LogP contribution >= 0.6 is 0 Å². The predicted octanol–water partition coefficient (Wildman–Crippen LogP) is 2.55. The summed E-state index contributed by atoms with van der Waals surface area (Å²) >= 11 is 0. The van der Waals surface area contributed by atoms with E-state index in [9.17, 15) is 0 Å². The Bertz CT molecular complexity index is 469. The summed E-state index contributed by atoms with van der Waals surface area (Å²) in [6.45, 7) is 2.52. The summed E-state index contributed by atoms with van der Waals surface area (Å²) in [5.74, 6) is 0.775. The topological polar surface area (TPSA) is 48.1 Å². The smallest absolute Gasteiger partial charge is 0.138 e. The third kappa shape index (κ3) is 2.51. The standard InChI is InChI=1S/C13H14N2O/c1-10-7-11(4-5-13(10)14)9-16-12-3-2-6-15-8-12/h2-8H,9,14H2,1H3. The molecule has 3 heteroatoms. The number of anilines is 1. The van der Waals surface area contributed by atoms with E-state index in [0.29, 0.717) is 6.61 Å². The molecule has 0 bridgehead atoms. The number of nitrogens with two attached hydrogens (primary N) is 1. The van der Waals surface area contributed by atoms with Gasteiger partial charge in [0.05, 0.1) is 6.20 Å². The highest BCUT2D eigenvalue weighted by atomic mass is 16.5. The number of nitrogens with zero attached hydrogens (tertiary/aromatic N) is 1. The number of ether oxygens (including phenoxy) is 1. The van der Waals surface area contributed by atoms with Crippen molar-refractivity contribution >= 4 is 5.69 Å². The van der Waals surface area contributed by atoms with Crippen molar-refractivity contribution in [2.45, 2.75) is 13.5 Å². The minimum atomic E-state index is 0.535. The number of hydrogen-bond acceptors (Lipinski definition) is 3. The van der Waals surface area contributed by atoms with Crippen LogP contribution in [-0.4, -0.2) is 4.98 Å². The molecule has 0 atom stereocenters. The molecule has 0 aliphatic carbocycles. The molecule has 2 aromatic rings. The predicted molar refractivity (Wildman–Crippen MR) is 64.2 cm³/mol. The van der Waals surface area contributed by atoms with Gasteiger partial charge in [-0.2, -0.15) is 0 Å². The highest BCUT2D eigenvalue weighted by Gasteiger charge is 1.98. The average Bonchev–Trinajstić information content (AvgIpc) is 2.32. The van der Waals surface area contributed by atoms with Gasteiger partial charge in [0.1, 0.15) is 12.4 Å². The lowest BCUT2D eigenvalue weighted by Crippen LogP contribution is -1.97. The largest absolute Gasteiger partial charge is 0.487 e. The molecule has 1 aromatic heterocycles. The van der Waals surface area contributed by atoms with Gasteiger partial charge in [-0.25, -0.2) is 0 Å². The molecule has 1 aromatic carbocycles. The fourth-order valence-electron chi connectivity index (χ4n) is 1.43. The average molecular weight is 214 g/mol. The van der Waals surface area contributed by atoms with E-state index in [2.05, 4.69) is 4.98 Å². The molecule has 0 aliphatic heterocycles. The fraction of sp³-hybridized carbons (Fsp3) is 0.154. The number of hydrogen-bond donors (Lipinski definition) is 1. The second-order valence-electron chi connectivity index (χ2n) is 3.67. The second-order valence-corrected chi connectivity index (χ2v) is 3.67. The van der Waals surface area contributed by atoms with Crippen molar-refractivity contribution < 1.29 is 4.74 Å². The Morgan fingerprint density at radius 3 is 2.88 bits per heavy atom. The number of pyridine rings is 1. The lowest BCUT2D eigenvalue weighted by molar-refractivity contribution is 0.305. The third-order valence-electron chi connectivity index (χ3n) is 2.37. The van der Waals surface area contributed by atoms with Crippen molar-refractivity contribution in [3.63, 3.8) is 0 Å². The first-order valence-electron chi connectivity index (χ1n) is 5.13. The van der Waals surface area contributed by atoms with E-state index in [1.54, 1.807) is 12.4 Å². The SMILES string of the molecule is Cc1cc(COc2cccnc2)ccc1N. The van der Waals surface area contributed by atoms with E-state index in [4.69, 9.17) is 10.5 Å². The Morgan fingerprint density at radius 2 is 2.19 bits per heavy atom. The van der Waals surface area contributed by atoms with Gasteiger partial charge in [-0.1, -0.05) is 12.1 Å². The number of rotatable bonds is 3. The third-order valence-corrected chi connectivity index (χ3v) is 2.37. The molecular weight excluding hydrogens is 200 g/mol. The summed E-state index contributed by atoms with van der Waals surface area (Å²) < 4.78 is 5.58. The van der Waals surface area contributed by atoms with Gasteiger partial charge in [0.2, 0.25) is 0 Å². The molecule has 0 amide bonds. The highest BCUT2D eigenvalue weighted by Crippen LogP contribution is 2.15. The first-order valence-corrected chi connectivity index (χ1v) is 5.13. The Morgan fingerprint density at radius 1 is 1.31 bits per heavy atom. The quantitative estimate of drug-likeness (QED) is 0.799. The van der Waals surface area contributed by atoms with E-state index >= 15 is 0 Å². The van der Waals surface area contributed by atoms with Crippen LogP contribution in [0.25, 0.3) is 0 Å². The molecule has 0 saturated carbocycles. The summed E-state index contributed by atoms with van der Waals surface area (Å²) in [6.07, 6.45) is 3.42. The van der Waals surface area contributed by atoms with Crippen LogP contribution in [0.15, 0.2) is 42.7 Å². The molecule has 1 heterocycles. The first kappa shape index (κ1) is 10.5. The molecule has 0 saturated heterocycles. The minimum Gasteiger partial charge on any atom is -0.487 e. The summed E-state index contributed by atoms with van der Waals surface area (Å²) in [5.41, 5.74) is 8.74. The number of nitrogen functional groups attached to an aromatic ring is 1. The van der Waals surface area contributed by atoms with E-state index < -0.39 is 0 Å². The van der Waals surface area contributed by atoms with Crippen molar-refractivity contribution in [3.05, 3.63) is 53.9 Å². The summed E-state index contributed by atoms with van der Waals surface area (Å²) in [5, 5.41) is 0. The molecule has 82 valence electrons. The van der Waals surface area contributed by atoms with E-state index in [-0.39, 0.29) is 0 Å². The lowest BCUT2D eigenvalue weighted by Gasteiger charge is -2.07. The van der Waals surface area contributed by atoms with Crippen LogP contribution in [0, 0.1) is 6.92 Å². The van der Waals surface area contributed by atoms with Crippen LogP contribution in [0.4, 0.5) is 5.69 Å². The van der Waals surface area contributed by atoms with Crippen LogP contribution in [0.1, 0.15) is 11.1 Å². The molecule has 0 unspecified atom stereocenters. The van der Waals surface area contributed by atoms with Crippen molar-refractivity contribution in [2.24, 2.45) is 0 Å². The Kier molecular flexibility index (Phi) is 3.05. The van der Waals surface area contributed by atoms with Gasteiger partial charge < -0.3 is 10.5 Å². The number of aryl methyl sites for hydroxylation is 1. The molecule has 16 heavy (non-hydrogen) atoms. The first-order chi connectivity index (χ1) is 7.75. The molecule has 0 radical (unpaired) electrons. The normalized spacial score (nSPS) is 10.1. The van der Waals surface area contributed by atoms with Gasteiger partial charge in [0.25, 0.3) is 0 Å². The summed E-state index contributed by atoms with van der Waals surface area (Å²) in [6, 6.07) is 9.64. The Balaban J connectivity index is 2.03. The van der Waals surface area contributed by atoms with Crippen molar-refractivity contribution in [1.29, 1.82) is 0 Å². The van der Waals surface area contributed by atoms with E-state index in [1.165, 1.54) is 0 Å². The molecule has 0 aliphatic rings. The molecular formula is C13H14N2O. The van der Waals surface area contributed by atoms with Crippen molar-refractivity contribution in [2.75, 3.05) is 5.73 Å². The number of benzene rings is 1. The van der Waals surface area contributed by atoms with Crippen LogP contribution in [0.3, 0.4) is 0 Å². The monoisotopic (exact) mass is 214 g/mol. The minimum absolute atomic E-state index is 0.535. The zero-order valence-electron chi connectivity index (χ0n) is 9.18. The Labute approximate surface area is 94.9 Å². The van der Waals surface area contributed by atoms with Gasteiger partial charge in [-0.15, -0.1) is 0 Å². The zero-order chi connectivity index (χ0) is 11.4. The molecule has 3 nitrogen and oxygen atoms in total. The second kappa shape index (κ2) is 4.66. The van der Waals surface area contributed by atoms with Gasteiger partial charge in [-0.3, -0.25) is 4.98 Å². The Hall–Kier alpha value is -2.03. The molecule has 0 spiro atoms. The van der Waals surface area contributed by atoms with E-state index in [0.717, 1.165) is 22.6 Å². The summed E-state index contributed by atoms with van der Waals surface area (Å²) in [7, 11) is 0. The molecule has 2 rings (SSSR count). The van der Waals surface area contributed by atoms with E-state index in [1.807, 2.05) is 37.3 Å². The van der Waals surface area contributed by atoms with Crippen LogP contribution in [0.2, 0.25) is 0 Å². The van der Waals surface area contributed by atoms with Gasteiger partial charge >= 0.3 is 0 Å². The van der Waals surface area contributed by atoms with Crippen LogP contribution < -0.4 is 10.5 Å². The number of aromatic nitrogens is 1. The van der Waals surface area contributed by atoms with Gasteiger partial charge in [0, 0.05) is 11.9 Å². The maximum absolute atomic E-state index is 5.75. The van der Waals surface area contributed by atoms with Crippen molar-refractivity contribution in [3.8, 4) is 5.75 Å².